The first kappa shape index (κ1) is 21.5. The molecule has 0 fully saturated rings. The van der Waals surface area contributed by atoms with Crippen molar-refractivity contribution < 1.29 is 13.9 Å². The van der Waals surface area contributed by atoms with Crippen molar-refractivity contribution in [1.82, 2.24) is 5.43 Å². The van der Waals surface area contributed by atoms with E-state index >= 15 is 0 Å². The molecular weight excluding hydrogens is 447 g/mol. The topological polar surface area (TPSA) is 50.7 Å². The van der Waals surface area contributed by atoms with Crippen LogP contribution in [0.25, 0.3) is 6.08 Å². The molecule has 3 aromatic rings. The Morgan fingerprint density at radius 3 is 2.47 bits per heavy atom. The van der Waals surface area contributed by atoms with Crippen LogP contribution in [-0.2, 0) is 6.61 Å². The summed E-state index contributed by atoms with van der Waals surface area (Å²) >= 11 is 3.40. The number of amides is 1. The Kier molecular flexibility index (Phi) is 7.51. The number of allylic oxidation sites excluding steroid dienone is 1. The number of rotatable bonds is 7. The van der Waals surface area contributed by atoms with Crippen LogP contribution in [0.5, 0.6) is 5.75 Å². The zero-order chi connectivity index (χ0) is 21.3. The molecule has 0 aliphatic carbocycles. The fourth-order valence-corrected chi connectivity index (χ4v) is 2.78. The van der Waals surface area contributed by atoms with Gasteiger partial charge in [-0.2, -0.15) is 5.10 Å². The quantitative estimate of drug-likeness (QED) is 0.343. The summed E-state index contributed by atoms with van der Waals surface area (Å²) in [6, 6.07) is 21.1. The number of hydrogen-bond acceptors (Lipinski definition) is 3. The average Bonchev–Trinajstić information content (AvgIpc) is 2.77. The zero-order valence-electron chi connectivity index (χ0n) is 16.3. The standard InChI is InChI=1S/C24H20BrFN2O2/c1-17(6-9-19-4-2-3-5-23(19)26)27-28-24(29)20-10-14-22(15-11-20)30-16-18-7-12-21(25)13-8-18/h2-15H,16H2,1H3,(H,28,29)/b9-6+,27-17+. The minimum atomic E-state index is -0.340. The Hall–Kier alpha value is -3.25. The fourth-order valence-electron chi connectivity index (χ4n) is 2.51. The van der Waals surface area contributed by atoms with E-state index in [0.29, 0.717) is 29.2 Å². The third-order valence-electron chi connectivity index (χ3n) is 4.18. The number of nitrogens with one attached hydrogen (secondary N) is 1. The number of nitrogens with zero attached hydrogens (tertiary/aromatic N) is 1. The highest BCUT2D eigenvalue weighted by atomic mass is 79.9. The molecule has 30 heavy (non-hydrogen) atoms. The Labute approximate surface area is 183 Å². The van der Waals surface area contributed by atoms with Crippen molar-refractivity contribution in [2.75, 3.05) is 0 Å². The Balaban J connectivity index is 1.53. The molecule has 3 aromatic carbocycles. The maximum atomic E-state index is 13.6. The molecule has 0 radical (unpaired) electrons. The van der Waals surface area contributed by atoms with Gasteiger partial charge in [-0.3, -0.25) is 4.79 Å². The second-order valence-corrected chi connectivity index (χ2v) is 7.40. The zero-order valence-corrected chi connectivity index (χ0v) is 17.9. The molecule has 6 heteroatoms. The highest BCUT2D eigenvalue weighted by Crippen LogP contribution is 2.16. The van der Waals surface area contributed by atoms with Gasteiger partial charge in [0, 0.05) is 15.6 Å². The molecule has 0 saturated carbocycles. The minimum absolute atomic E-state index is 0.312. The first-order chi connectivity index (χ1) is 14.5. The van der Waals surface area contributed by atoms with Gasteiger partial charge in [0.2, 0.25) is 0 Å². The SMILES string of the molecule is CC(/C=C/c1ccccc1F)=N\NC(=O)c1ccc(OCc2ccc(Br)cc2)cc1. The van der Waals surface area contributed by atoms with E-state index in [1.807, 2.05) is 24.3 Å². The fraction of sp³-hybridized carbons (Fsp3) is 0.0833. The Morgan fingerprint density at radius 1 is 1.07 bits per heavy atom. The Morgan fingerprint density at radius 2 is 1.77 bits per heavy atom. The van der Waals surface area contributed by atoms with E-state index in [9.17, 15) is 9.18 Å². The van der Waals surface area contributed by atoms with Gasteiger partial charge in [-0.15, -0.1) is 0 Å². The molecule has 1 amide bonds. The van der Waals surface area contributed by atoms with Gasteiger partial charge in [0.1, 0.15) is 18.2 Å². The normalized spacial score (nSPS) is 11.5. The molecule has 4 nitrogen and oxygen atoms in total. The lowest BCUT2D eigenvalue weighted by Gasteiger charge is -2.07. The first-order valence-corrected chi connectivity index (χ1v) is 10.0. The lowest BCUT2D eigenvalue weighted by molar-refractivity contribution is 0.0955. The van der Waals surface area contributed by atoms with Crippen molar-refractivity contribution in [2.24, 2.45) is 5.10 Å². The maximum Gasteiger partial charge on any atom is 0.271 e. The third-order valence-corrected chi connectivity index (χ3v) is 4.71. The predicted octanol–water partition coefficient (Wildman–Crippen LogP) is 5.99. The van der Waals surface area contributed by atoms with Crippen molar-refractivity contribution in [3.05, 3.63) is 106 Å². The van der Waals surface area contributed by atoms with Gasteiger partial charge in [0.05, 0.1) is 5.71 Å². The van der Waals surface area contributed by atoms with E-state index in [1.54, 1.807) is 61.5 Å². The van der Waals surface area contributed by atoms with Crippen LogP contribution < -0.4 is 10.2 Å². The second-order valence-electron chi connectivity index (χ2n) is 6.49. The van der Waals surface area contributed by atoms with Gasteiger partial charge in [0.25, 0.3) is 5.91 Å². The lowest BCUT2D eigenvalue weighted by Crippen LogP contribution is -2.18. The highest BCUT2D eigenvalue weighted by molar-refractivity contribution is 9.10. The lowest BCUT2D eigenvalue weighted by atomic mass is 10.2. The highest BCUT2D eigenvalue weighted by Gasteiger charge is 2.05. The summed E-state index contributed by atoms with van der Waals surface area (Å²) in [5.41, 5.74) is 5.00. The minimum Gasteiger partial charge on any atom is -0.489 e. The van der Waals surface area contributed by atoms with Gasteiger partial charge >= 0.3 is 0 Å². The summed E-state index contributed by atoms with van der Waals surface area (Å²) in [6.07, 6.45) is 3.25. The van der Waals surface area contributed by atoms with E-state index < -0.39 is 0 Å². The summed E-state index contributed by atoms with van der Waals surface area (Å²) in [7, 11) is 0. The van der Waals surface area contributed by atoms with Crippen LogP contribution in [0.1, 0.15) is 28.4 Å². The van der Waals surface area contributed by atoms with Gasteiger partial charge in [-0.05, 0) is 61.0 Å². The summed E-state index contributed by atoms with van der Waals surface area (Å²) in [5, 5.41) is 4.02. The molecule has 1 N–H and O–H groups in total. The summed E-state index contributed by atoms with van der Waals surface area (Å²) in [4.78, 5) is 12.3. The van der Waals surface area contributed by atoms with Gasteiger partial charge in [-0.25, -0.2) is 9.82 Å². The number of hydrogen-bond donors (Lipinski definition) is 1. The van der Waals surface area contributed by atoms with Crippen LogP contribution in [0.4, 0.5) is 4.39 Å². The average molecular weight is 467 g/mol. The van der Waals surface area contributed by atoms with E-state index in [1.165, 1.54) is 6.07 Å². The first-order valence-electron chi connectivity index (χ1n) is 9.26. The monoisotopic (exact) mass is 466 g/mol. The summed E-state index contributed by atoms with van der Waals surface area (Å²) in [6.45, 7) is 2.16. The molecule has 0 aliphatic heterocycles. The number of benzene rings is 3. The molecule has 0 unspecified atom stereocenters. The summed E-state index contributed by atoms with van der Waals surface area (Å²) in [5.74, 6) is 0.0168. The predicted molar refractivity (Wildman–Crippen MR) is 121 cm³/mol. The van der Waals surface area contributed by atoms with Crippen molar-refractivity contribution in [1.29, 1.82) is 0 Å². The molecule has 0 bridgehead atoms. The van der Waals surface area contributed by atoms with Crippen LogP contribution in [0, 0.1) is 5.82 Å². The molecule has 3 rings (SSSR count). The van der Waals surface area contributed by atoms with Gasteiger partial charge in [-0.1, -0.05) is 52.3 Å². The van der Waals surface area contributed by atoms with Crippen molar-refractivity contribution >= 4 is 33.6 Å². The largest absolute Gasteiger partial charge is 0.489 e. The maximum absolute atomic E-state index is 13.6. The van der Waals surface area contributed by atoms with E-state index in [0.717, 1.165) is 10.0 Å². The molecule has 0 spiro atoms. The molecular formula is C24H20BrFN2O2. The number of halogens is 2. The van der Waals surface area contributed by atoms with E-state index in [-0.39, 0.29) is 11.7 Å². The van der Waals surface area contributed by atoms with Gasteiger partial charge < -0.3 is 4.74 Å². The van der Waals surface area contributed by atoms with Crippen molar-refractivity contribution in [2.45, 2.75) is 13.5 Å². The molecule has 0 heterocycles. The van der Waals surface area contributed by atoms with Crippen LogP contribution in [0.2, 0.25) is 0 Å². The number of ether oxygens (including phenoxy) is 1. The molecule has 0 atom stereocenters. The molecule has 152 valence electrons. The van der Waals surface area contributed by atoms with Gasteiger partial charge in [0.15, 0.2) is 0 Å². The van der Waals surface area contributed by atoms with Crippen LogP contribution in [-0.4, -0.2) is 11.6 Å². The molecule has 0 saturated heterocycles. The van der Waals surface area contributed by atoms with Crippen LogP contribution >= 0.6 is 15.9 Å². The number of carbonyl (C=O) groups is 1. The molecule has 0 aromatic heterocycles. The second kappa shape index (κ2) is 10.5. The van der Waals surface area contributed by atoms with Crippen LogP contribution in [0.15, 0.2) is 88.4 Å². The van der Waals surface area contributed by atoms with E-state index in [2.05, 4.69) is 26.5 Å². The smallest absolute Gasteiger partial charge is 0.271 e. The number of hydrazone groups is 1. The van der Waals surface area contributed by atoms with E-state index in [4.69, 9.17) is 4.74 Å². The molecule has 0 aliphatic rings. The van der Waals surface area contributed by atoms with Crippen LogP contribution in [0.3, 0.4) is 0 Å². The Bertz CT molecular complexity index is 1060. The van der Waals surface area contributed by atoms with Crippen molar-refractivity contribution in [3.8, 4) is 5.75 Å². The number of carbonyl (C=O) groups excluding carboxylic acids is 1. The summed E-state index contributed by atoms with van der Waals surface area (Å²) < 4.78 is 20.4. The van der Waals surface area contributed by atoms with Crippen molar-refractivity contribution in [3.63, 3.8) is 0 Å². The third kappa shape index (κ3) is 6.39.